The van der Waals surface area contributed by atoms with Crippen LogP contribution in [0.3, 0.4) is 0 Å². The van der Waals surface area contributed by atoms with Crippen molar-refractivity contribution in [3.05, 3.63) is 58.9 Å². The lowest BCUT2D eigenvalue weighted by Crippen LogP contribution is -2.41. The summed E-state index contributed by atoms with van der Waals surface area (Å²) in [5.74, 6) is 1.36. The molecule has 0 saturated carbocycles. The van der Waals surface area contributed by atoms with Gasteiger partial charge in [-0.05, 0) is 50.5 Å². The molecule has 7 heteroatoms. The number of likely N-dealkylation sites (tertiary alicyclic amines) is 1. The molecule has 3 aromatic rings. The fourth-order valence-electron chi connectivity index (χ4n) is 4.68. The fourth-order valence-corrected chi connectivity index (χ4v) is 4.68. The Morgan fingerprint density at radius 1 is 1.00 bits per heavy atom. The van der Waals surface area contributed by atoms with Gasteiger partial charge in [0.05, 0.1) is 29.7 Å². The van der Waals surface area contributed by atoms with E-state index in [0.29, 0.717) is 55.9 Å². The van der Waals surface area contributed by atoms with Crippen molar-refractivity contribution in [3.8, 4) is 17.1 Å². The summed E-state index contributed by atoms with van der Waals surface area (Å²) in [4.78, 5) is 32.6. The van der Waals surface area contributed by atoms with Gasteiger partial charge in [-0.1, -0.05) is 50.5 Å². The third-order valence-corrected chi connectivity index (χ3v) is 6.55. The van der Waals surface area contributed by atoms with Gasteiger partial charge in [0, 0.05) is 19.1 Å². The van der Waals surface area contributed by atoms with Crippen LogP contribution in [0, 0.1) is 0 Å². The van der Waals surface area contributed by atoms with Crippen molar-refractivity contribution >= 4 is 17.0 Å². The van der Waals surface area contributed by atoms with Crippen LogP contribution in [0.25, 0.3) is 22.3 Å². The van der Waals surface area contributed by atoms with Crippen molar-refractivity contribution < 1.29 is 14.3 Å². The Morgan fingerprint density at radius 2 is 1.74 bits per heavy atom. The maximum Gasteiger partial charge on any atom is 0.409 e. The summed E-state index contributed by atoms with van der Waals surface area (Å²) in [5, 5.41) is 0.599. The van der Waals surface area contributed by atoms with Crippen molar-refractivity contribution in [2.75, 3.05) is 26.3 Å². The Kier molecular flexibility index (Phi) is 8.40. The van der Waals surface area contributed by atoms with E-state index in [0.717, 1.165) is 24.2 Å². The first-order valence-electron chi connectivity index (χ1n) is 12.8. The molecule has 1 aliphatic rings. The molecule has 0 N–H and O–H groups in total. The van der Waals surface area contributed by atoms with Crippen molar-refractivity contribution in [1.29, 1.82) is 0 Å². The van der Waals surface area contributed by atoms with E-state index in [1.54, 1.807) is 11.8 Å². The molecule has 1 fully saturated rings. The summed E-state index contributed by atoms with van der Waals surface area (Å²) in [6.45, 7) is 6.06. The molecule has 0 atom stereocenters. The molecule has 186 valence electrons. The monoisotopic (exact) mass is 477 g/mol. The molecule has 0 spiro atoms. The zero-order valence-corrected chi connectivity index (χ0v) is 20.7. The quantitative estimate of drug-likeness (QED) is 0.363. The average Bonchev–Trinajstić information content (AvgIpc) is 2.89. The summed E-state index contributed by atoms with van der Waals surface area (Å²) < 4.78 is 13.2. The highest BCUT2D eigenvalue weighted by molar-refractivity contribution is 5.80. The minimum Gasteiger partial charge on any atom is -0.493 e. The van der Waals surface area contributed by atoms with E-state index < -0.39 is 0 Å². The zero-order valence-electron chi connectivity index (χ0n) is 20.7. The number of fused-ring (bicyclic) bond motifs is 1. The molecule has 1 aromatic heterocycles. The first-order chi connectivity index (χ1) is 17.1. The molecule has 0 unspecified atom stereocenters. The van der Waals surface area contributed by atoms with Gasteiger partial charge in [0.1, 0.15) is 11.6 Å². The number of amides is 1. The second kappa shape index (κ2) is 11.9. The molecule has 0 bridgehead atoms. The number of para-hydroxylation sites is 2. The van der Waals surface area contributed by atoms with Crippen molar-refractivity contribution in [2.24, 2.45) is 0 Å². The van der Waals surface area contributed by atoms with Gasteiger partial charge >= 0.3 is 6.09 Å². The van der Waals surface area contributed by atoms with E-state index in [4.69, 9.17) is 14.5 Å². The third kappa shape index (κ3) is 5.66. The number of ether oxygens (including phenoxy) is 2. The number of unbranched alkanes of at least 4 members (excludes halogenated alkanes) is 3. The lowest BCUT2D eigenvalue weighted by atomic mass is 10.0. The van der Waals surface area contributed by atoms with Crippen LogP contribution >= 0.6 is 0 Å². The molecular formula is C28H35N3O4. The predicted molar refractivity (Wildman–Crippen MR) is 138 cm³/mol. The molecule has 4 rings (SSSR count). The number of hydrogen-bond acceptors (Lipinski definition) is 5. The molecule has 35 heavy (non-hydrogen) atoms. The van der Waals surface area contributed by atoms with Gasteiger partial charge in [-0.3, -0.25) is 9.36 Å². The van der Waals surface area contributed by atoms with Gasteiger partial charge in [-0.2, -0.15) is 0 Å². The summed E-state index contributed by atoms with van der Waals surface area (Å²) in [6, 6.07) is 15.2. The van der Waals surface area contributed by atoms with E-state index >= 15 is 0 Å². The van der Waals surface area contributed by atoms with E-state index in [9.17, 15) is 9.59 Å². The highest BCUT2D eigenvalue weighted by Crippen LogP contribution is 2.33. The van der Waals surface area contributed by atoms with Crippen molar-refractivity contribution in [2.45, 2.75) is 58.4 Å². The first kappa shape index (κ1) is 24.8. The Morgan fingerprint density at radius 3 is 2.51 bits per heavy atom. The largest absolute Gasteiger partial charge is 0.493 e. The normalized spacial score (nSPS) is 14.3. The third-order valence-electron chi connectivity index (χ3n) is 6.55. The van der Waals surface area contributed by atoms with E-state index in [1.807, 2.05) is 53.1 Å². The Hall–Kier alpha value is -3.35. The molecule has 7 nitrogen and oxygen atoms in total. The zero-order chi connectivity index (χ0) is 24.6. The lowest BCUT2D eigenvalue weighted by molar-refractivity contribution is 0.0925. The molecule has 2 aromatic carbocycles. The lowest BCUT2D eigenvalue weighted by Gasteiger charge is -2.33. The predicted octanol–water partition coefficient (Wildman–Crippen LogP) is 5.82. The van der Waals surface area contributed by atoms with Gasteiger partial charge in [0.15, 0.2) is 0 Å². The number of carbonyl (C=O) groups is 1. The smallest absolute Gasteiger partial charge is 0.409 e. The van der Waals surface area contributed by atoms with Crippen LogP contribution in [0.2, 0.25) is 0 Å². The summed E-state index contributed by atoms with van der Waals surface area (Å²) in [5.41, 5.74) is 1.43. The second-order valence-electron chi connectivity index (χ2n) is 8.95. The maximum atomic E-state index is 13.8. The van der Waals surface area contributed by atoms with Crippen LogP contribution in [0.5, 0.6) is 5.75 Å². The van der Waals surface area contributed by atoms with Crippen LogP contribution in [-0.4, -0.2) is 46.8 Å². The van der Waals surface area contributed by atoms with Gasteiger partial charge in [0.2, 0.25) is 0 Å². The number of benzene rings is 2. The highest BCUT2D eigenvalue weighted by atomic mass is 16.6. The second-order valence-corrected chi connectivity index (χ2v) is 8.95. The van der Waals surface area contributed by atoms with E-state index in [1.165, 1.54) is 12.8 Å². The van der Waals surface area contributed by atoms with Crippen LogP contribution < -0.4 is 10.3 Å². The fraction of sp³-hybridized carbons (Fsp3) is 0.464. The number of aromatic nitrogens is 2. The minimum atomic E-state index is -0.294. The molecular weight excluding hydrogens is 442 g/mol. The standard InChI is InChI=1S/C28H35N3O4/c1-3-5-6-11-20-35-25-15-10-8-13-23(25)26-29-24-14-9-7-12-22(24)27(32)31(26)21-16-18-30(19-17-21)28(33)34-4-2/h7-10,12-15,21H,3-6,11,16-20H2,1-2H3. The topological polar surface area (TPSA) is 73.7 Å². The summed E-state index contributed by atoms with van der Waals surface area (Å²) in [6.07, 6.45) is 5.53. The van der Waals surface area contributed by atoms with Crippen LogP contribution in [0.4, 0.5) is 4.79 Å². The van der Waals surface area contributed by atoms with Crippen LogP contribution in [0.1, 0.15) is 58.4 Å². The summed E-state index contributed by atoms with van der Waals surface area (Å²) >= 11 is 0. The van der Waals surface area contributed by atoms with Crippen LogP contribution in [0.15, 0.2) is 53.3 Å². The molecule has 0 radical (unpaired) electrons. The molecule has 1 saturated heterocycles. The number of piperidine rings is 1. The Labute approximate surface area is 206 Å². The molecule has 1 amide bonds. The van der Waals surface area contributed by atoms with Crippen LogP contribution in [-0.2, 0) is 4.74 Å². The summed E-state index contributed by atoms with van der Waals surface area (Å²) in [7, 11) is 0. The number of nitrogens with zero attached hydrogens (tertiary/aromatic N) is 3. The van der Waals surface area contributed by atoms with Crippen molar-refractivity contribution in [1.82, 2.24) is 14.5 Å². The SMILES string of the molecule is CCCCCCOc1ccccc1-c1nc2ccccc2c(=O)n1C1CCN(C(=O)OCC)CC1. The molecule has 1 aliphatic heterocycles. The Balaban J connectivity index is 1.70. The number of carbonyl (C=O) groups excluding carboxylic acids is 1. The maximum absolute atomic E-state index is 13.8. The minimum absolute atomic E-state index is 0.0575. The van der Waals surface area contributed by atoms with Gasteiger partial charge in [0.25, 0.3) is 5.56 Å². The highest BCUT2D eigenvalue weighted by Gasteiger charge is 2.28. The van der Waals surface area contributed by atoms with Gasteiger partial charge < -0.3 is 14.4 Å². The number of rotatable bonds is 9. The first-order valence-corrected chi connectivity index (χ1v) is 12.8. The number of hydrogen-bond donors (Lipinski definition) is 0. The van der Waals surface area contributed by atoms with Gasteiger partial charge in [-0.15, -0.1) is 0 Å². The van der Waals surface area contributed by atoms with Crippen molar-refractivity contribution in [3.63, 3.8) is 0 Å². The Bertz CT molecular complexity index is 1200. The van der Waals surface area contributed by atoms with E-state index in [-0.39, 0.29) is 17.7 Å². The average molecular weight is 478 g/mol. The molecule has 0 aliphatic carbocycles. The van der Waals surface area contributed by atoms with Gasteiger partial charge in [-0.25, -0.2) is 9.78 Å². The molecule has 2 heterocycles. The van der Waals surface area contributed by atoms with E-state index in [2.05, 4.69) is 6.92 Å².